The first kappa shape index (κ1) is 16.2. The van der Waals surface area contributed by atoms with Crippen molar-refractivity contribution in [2.45, 2.75) is 12.8 Å². The van der Waals surface area contributed by atoms with Crippen LogP contribution in [0, 0.1) is 12.0 Å². The molecule has 1 aromatic carbocycles. The molecular formula is C18H18ClN6. The molecule has 4 rings (SSSR count). The van der Waals surface area contributed by atoms with E-state index in [0.717, 1.165) is 42.9 Å². The van der Waals surface area contributed by atoms with Crippen LogP contribution in [0.4, 0.5) is 5.69 Å². The summed E-state index contributed by atoms with van der Waals surface area (Å²) in [6.45, 7) is 1.85. The average Bonchev–Trinajstić information content (AvgIpc) is 2.67. The maximum atomic E-state index is 6.27. The summed E-state index contributed by atoms with van der Waals surface area (Å²) >= 11 is 6.08. The Morgan fingerprint density at radius 1 is 1.08 bits per heavy atom. The van der Waals surface area contributed by atoms with Gasteiger partial charge in [-0.25, -0.2) is 4.98 Å². The smallest absolute Gasteiger partial charge is 0.173 e. The van der Waals surface area contributed by atoms with Crippen LogP contribution in [0.1, 0.15) is 18.7 Å². The van der Waals surface area contributed by atoms with Gasteiger partial charge in [-0.3, -0.25) is 4.98 Å². The third-order valence-corrected chi connectivity index (χ3v) is 4.93. The largest absolute Gasteiger partial charge is 0.371 e. The first-order chi connectivity index (χ1) is 12.2. The molecule has 3 aromatic rings. The van der Waals surface area contributed by atoms with Crippen LogP contribution in [0.5, 0.6) is 0 Å². The number of nitrogens with zero attached hydrogens (tertiary/aromatic N) is 5. The standard InChI is InChI=1S/C18H18ClN6/c19-13-1-2-14-15(11-13)21-6-3-16(14)25-9-4-12(5-10-25)17(20)18-22-7-8-23-24-18/h1-3,6-8,11-12H,4-5,9-10,20H2. The van der Waals surface area contributed by atoms with Crippen molar-refractivity contribution in [2.75, 3.05) is 18.0 Å². The Morgan fingerprint density at radius 3 is 2.68 bits per heavy atom. The second kappa shape index (κ2) is 6.90. The van der Waals surface area contributed by atoms with Crippen LogP contribution in [0.2, 0.25) is 5.02 Å². The lowest BCUT2D eigenvalue weighted by Crippen LogP contribution is -2.38. The minimum atomic E-state index is 0.281. The number of halogens is 1. The Labute approximate surface area is 151 Å². The summed E-state index contributed by atoms with van der Waals surface area (Å²) in [5.41, 5.74) is 8.38. The van der Waals surface area contributed by atoms with Crippen molar-refractivity contribution >= 4 is 28.2 Å². The number of nitrogens with two attached hydrogens (primary N) is 1. The zero-order chi connectivity index (χ0) is 17.2. The number of benzene rings is 1. The van der Waals surface area contributed by atoms with E-state index in [-0.39, 0.29) is 5.92 Å². The first-order valence-corrected chi connectivity index (χ1v) is 8.66. The van der Waals surface area contributed by atoms with Gasteiger partial charge in [0.05, 0.1) is 11.7 Å². The second-order valence-corrected chi connectivity index (χ2v) is 6.61. The number of rotatable bonds is 3. The Balaban J connectivity index is 1.51. The molecule has 127 valence electrons. The number of hydrogen-bond donors (Lipinski definition) is 1. The van der Waals surface area contributed by atoms with Gasteiger partial charge in [-0.1, -0.05) is 11.6 Å². The molecule has 0 atom stereocenters. The molecule has 1 aliphatic heterocycles. The van der Waals surface area contributed by atoms with Crippen molar-refractivity contribution in [2.24, 2.45) is 11.7 Å². The van der Waals surface area contributed by atoms with Crippen molar-refractivity contribution in [3.8, 4) is 0 Å². The van der Waals surface area contributed by atoms with Gasteiger partial charge < -0.3 is 10.6 Å². The van der Waals surface area contributed by atoms with E-state index in [1.54, 1.807) is 12.4 Å². The molecule has 2 aromatic heterocycles. The minimum absolute atomic E-state index is 0.281. The van der Waals surface area contributed by atoms with Crippen LogP contribution >= 0.6 is 11.6 Å². The van der Waals surface area contributed by atoms with Gasteiger partial charge in [0.15, 0.2) is 5.82 Å². The van der Waals surface area contributed by atoms with Gasteiger partial charge in [-0.05, 0) is 43.0 Å². The molecular weight excluding hydrogens is 336 g/mol. The second-order valence-electron chi connectivity index (χ2n) is 6.17. The van der Waals surface area contributed by atoms with E-state index in [2.05, 4.69) is 31.1 Å². The van der Waals surface area contributed by atoms with Crippen molar-refractivity contribution in [3.05, 3.63) is 59.7 Å². The number of hydrogen-bond acceptors (Lipinski definition) is 6. The molecule has 1 radical (unpaired) electrons. The van der Waals surface area contributed by atoms with E-state index in [9.17, 15) is 0 Å². The minimum Gasteiger partial charge on any atom is -0.371 e. The number of pyridine rings is 1. The lowest BCUT2D eigenvalue weighted by Gasteiger charge is -2.35. The topological polar surface area (TPSA) is 80.8 Å². The lowest BCUT2D eigenvalue weighted by molar-refractivity contribution is 0.417. The number of aromatic nitrogens is 4. The average molecular weight is 354 g/mol. The Hall–Kier alpha value is -2.31. The normalized spacial score (nSPS) is 15.9. The summed E-state index contributed by atoms with van der Waals surface area (Å²) < 4.78 is 0. The fourth-order valence-electron chi connectivity index (χ4n) is 3.38. The van der Waals surface area contributed by atoms with Gasteiger partial charge in [0.2, 0.25) is 0 Å². The van der Waals surface area contributed by atoms with E-state index < -0.39 is 0 Å². The first-order valence-electron chi connectivity index (χ1n) is 8.28. The molecule has 25 heavy (non-hydrogen) atoms. The van der Waals surface area contributed by atoms with E-state index >= 15 is 0 Å². The molecule has 6 nitrogen and oxygen atoms in total. The van der Waals surface area contributed by atoms with E-state index in [1.165, 1.54) is 5.69 Å². The third-order valence-electron chi connectivity index (χ3n) is 4.70. The van der Waals surface area contributed by atoms with Gasteiger partial charge in [0.1, 0.15) is 6.04 Å². The highest BCUT2D eigenvalue weighted by atomic mass is 35.5. The number of anilines is 1. The van der Waals surface area contributed by atoms with Gasteiger partial charge >= 0.3 is 0 Å². The predicted molar refractivity (Wildman–Crippen MR) is 98.0 cm³/mol. The van der Waals surface area contributed by atoms with Crippen LogP contribution in [-0.4, -0.2) is 33.3 Å². The Morgan fingerprint density at radius 2 is 1.92 bits per heavy atom. The van der Waals surface area contributed by atoms with Crippen molar-refractivity contribution in [1.82, 2.24) is 20.2 Å². The van der Waals surface area contributed by atoms with Crippen molar-refractivity contribution in [3.63, 3.8) is 0 Å². The molecule has 1 aliphatic rings. The summed E-state index contributed by atoms with van der Waals surface area (Å²) in [4.78, 5) is 11.0. The molecule has 1 fully saturated rings. The highest BCUT2D eigenvalue weighted by Gasteiger charge is 2.28. The van der Waals surface area contributed by atoms with Crippen LogP contribution in [-0.2, 0) is 0 Å². The lowest BCUT2D eigenvalue weighted by atomic mass is 9.89. The molecule has 0 spiro atoms. The molecule has 0 saturated carbocycles. The van der Waals surface area contributed by atoms with Crippen LogP contribution in [0.3, 0.4) is 0 Å². The Bertz CT molecular complexity index is 864. The summed E-state index contributed by atoms with van der Waals surface area (Å²) in [6, 6.07) is 8.65. The number of piperidine rings is 1. The van der Waals surface area contributed by atoms with Gasteiger partial charge in [0, 0.05) is 41.6 Å². The molecule has 7 heteroatoms. The van der Waals surface area contributed by atoms with Crippen molar-refractivity contribution in [1.29, 1.82) is 0 Å². The maximum Gasteiger partial charge on any atom is 0.173 e. The van der Waals surface area contributed by atoms with E-state index in [4.69, 9.17) is 17.3 Å². The third kappa shape index (κ3) is 3.27. The van der Waals surface area contributed by atoms with Crippen LogP contribution in [0.25, 0.3) is 10.9 Å². The highest BCUT2D eigenvalue weighted by Crippen LogP contribution is 2.33. The molecule has 0 aliphatic carbocycles. The summed E-state index contributed by atoms with van der Waals surface area (Å²) in [7, 11) is 0. The highest BCUT2D eigenvalue weighted by molar-refractivity contribution is 6.31. The summed E-state index contributed by atoms with van der Waals surface area (Å²) in [5.74, 6) is 0.827. The van der Waals surface area contributed by atoms with Crippen LogP contribution in [0.15, 0.2) is 42.9 Å². The Kier molecular flexibility index (Phi) is 4.46. The SMILES string of the molecule is N[C](c1nccnn1)C1CCN(c2ccnc3cc(Cl)ccc23)CC1. The molecule has 0 unspecified atom stereocenters. The quantitative estimate of drug-likeness (QED) is 0.779. The molecule has 3 heterocycles. The van der Waals surface area contributed by atoms with Crippen molar-refractivity contribution < 1.29 is 0 Å². The van der Waals surface area contributed by atoms with E-state index in [1.807, 2.05) is 24.4 Å². The fourth-order valence-corrected chi connectivity index (χ4v) is 3.54. The van der Waals surface area contributed by atoms with Gasteiger partial charge in [-0.15, -0.1) is 5.10 Å². The predicted octanol–water partition coefficient (Wildman–Crippen LogP) is 2.83. The number of fused-ring (bicyclic) bond motifs is 1. The molecule has 0 bridgehead atoms. The molecule has 2 N–H and O–H groups in total. The zero-order valence-corrected chi connectivity index (χ0v) is 14.4. The molecule has 0 amide bonds. The fraction of sp³-hybridized carbons (Fsp3) is 0.278. The van der Waals surface area contributed by atoms with E-state index in [0.29, 0.717) is 10.8 Å². The zero-order valence-electron chi connectivity index (χ0n) is 13.6. The van der Waals surface area contributed by atoms with Crippen LogP contribution < -0.4 is 10.6 Å². The van der Waals surface area contributed by atoms with Gasteiger partial charge in [0.25, 0.3) is 0 Å². The summed E-state index contributed by atoms with van der Waals surface area (Å²) in [6.07, 6.45) is 6.94. The van der Waals surface area contributed by atoms with Gasteiger partial charge in [-0.2, -0.15) is 5.10 Å². The maximum absolute atomic E-state index is 6.27. The summed E-state index contributed by atoms with van der Waals surface area (Å²) in [5, 5.41) is 9.71. The monoisotopic (exact) mass is 353 g/mol. The molecule has 1 saturated heterocycles.